The molecule has 8 heteroatoms. The molecule has 0 aliphatic carbocycles. The van der Waals surface area contributed by atoms with Crippen molar-refractivity contribution >= 4 is 46.4 Å². The first-order chi connectivity index (χ1) is 10.6. The zero-order chi connectivity index (χ0) is 15.9. The molecule has 1 fully saturated rings. The van der Waals surface area contributed by atoms with E-state index in [-0.39, 0.29) is 5.91 Å². The van der Waals surface area contributed by atoms with E-state index in [2.05, 4.69) is 10.6 Å². The fourth-order valence-electron chi connectivity index (χ4n) is 1.97. The highest BCUT2D eigenvalue weighted by atomic mass is 35.5. The molecule has 2 rings (SSSR count). The summed E-state index contributed by atoms with van der Waals surface area (Å²) in [5.41, 5.74) is 0.528. The van der Waals surface area contributed by atoms with Crippen LogP contribution in [0.5, 0.6) is 0 Å². The van der Waals surface area contributed by atoms with Crippen molar-refractivity contribution in [2.75, 3.05) is 26.3 Å². The molecule has 0 saturated carbocycles. The van der Waals surface area contributed by atoms with Crippen molar-refractivity contribution in [1.82, 2.24) is 15.5 Å². The van der Waals surface area contributed by atoms with Crippen molar-refractivity contribution in [3.63, 3.8) is 0 Å². The molecule has 22 heavy (non-hydrogen) atoms. The Balaban J connectivity index is 1.94. The highest BCUT2D eigenvalue weighted by Gasteiger charge is 2.23. The first-order valence-electron chi connectivity index (χ1n) is 6.85. The molecular weight excluding hydrogens is 345 g/mol. The van der Waals surface area contributed by atoms with Crippen LogP contribution in [-0.2, 0) is 4.74 Å². The van der Waals surface area contributed by atoms with Gasteiger partial charge in [0.05, 0.1) is 13.2 Å². The molecule has 120 valence electrons. The molecule has 0 spiro atoms. The molecule has 0 aromatic heterocycles. The van der Waals surface area contributed by atoms with Crippen LogP contribution in [-0.4, -0.2) is 53.2 Å². The van der Waals surface area contributed by atoms with Gasteiger partial charge in [-0.3, -0.25) is 4.79 Å². The molecule has 1 aromatic rings. The van der Waals surface area contributed by atoms with E-state index in [4.69, 9.17) is 40.2 Å². The van der Waals surface area contributed by atoms with Crippen LogP contribution in [0, 0.1) is 0 Å². The summed E-state index contributed by atoms with van der Waals surface area (Å²) < 4.78 is 5.27. The van der Waals surface area contributed by atoms with Crippen LogP contribution in [0.3, 0.4) is 0 Å². The Kier molecular flexibility index (Phi) is 6.70. The number of halogens is 2. The monoisotopic (exact) mass is 361 g/mol. The van der Waals surface area contributed by atoms with Crippen molar-refractivity contribution in [3.05, 3.63) is 35.9 Å². The number of rotatable bonds is 4. The topological polar surface area (TPSA) is 53.6 Å². The lowest BCUT2D eigenvalue weighted by Crippen LogP contribution is -2.56. The van der Waals surface area contributed by atoms with Crippen LogP contribution in [0.25, 0.3) is 0 Å². The first kappa shape index (κ1) is 17.3. The van der Waals surface area contributed by atoms with E-state index in [1.165, 1.54) is 0 Å². The van der Waals surface area contributed by atoms with E-state index in [0.717, 1.165) is 0 Å². The highest BCUT2D eigenvalue weighted by molar-refractivity contribution is 7.80. The average Bonchev–Trinajstić information content (AvgIpc) is 2.55. The third kappa shape index (κ3) is 4.98. The van der Waals surface area contributed by atoms with Gasteiger partial charge in [0.15, 0.2) is 5.11 Å². The van der Waals surface area contributed by atoms with Crippen molar-refractivity contribution in [2.24, 2.45) is 0 Å². The zero-order valence-electron chi connectivity index (χ0n) is 11.8. The number of hydrogen-bond acceptors (Lipinski definition) is 3. The Morgan fingerprint density at radius 1 is 1.18 bits per heavy atom. The predicted octanol–water partition coefficient (Wildman–Crippen LogP) is 1.75. The van der Waals surface area contributed by atoms with Gasteiger partial charge in [-0.25, -0.2) is 0 Å². The van der Waals surface area contributed by atoms with E-state index in [1.807, 2.05) is 11.0 Å². The van der Waals surface area contributed by atoms with E-state index < -0.39 is 11.0 Å². The lowest BCUT2D eigenvalue weighted by molar-refractivity contribution is 0.0671. The Morgan fingerprint density at radius 2 is 1.82 bits per heavy atom. The minimum Gasteiger partial charge on any atom is -0.378 e. The number of morpholine rings is 1. The summed E-state index contributed by atoms with van der Waals surface area (Å²) in [4.78, 5) is 13.3. The molecule has 1 aromatic carbocycles. The quantitative estimate of drug-likeness (QED) is 0.486. The summed E-state index contributed by atoms with van der Waals surface area (Å²) in [7, 11) is 0. The van der Waals surface area contributed by atoms with Gasteiger partial charge in [-0.15, -0.1) is 23.2 Å². The minimum absolute atomic E-state index is 0.269. The van der Waals surface area contributed by atoms with Gasteiger partial charge < -0.3 is 20.3 Å². The number of carbonyl (C=O) groups is 1. The Hall–Kier alpha value is -1.08. The second-order valence-electron chi connectivity index (χ2n) is 4.70. The summed E-state index contributed by atoms with van der Waals surface area (Å²) in [6.07, 6.45) is -0.675. The molecule has 2 N–H and O–H groups in total. The van der Waals surface area contributed by atoms with Gasteiger partial charge in [0.25, 0.3) is 5.91 Å². The molecule has 0 unspecified atom stereocenters. The molecule has 1 aliphatic rings. The van der Waals surface area contributed by atoms with Gasteiger partial charge in [-0.05, 0) is 24.4 Å². The SMILES string of the molecule is O=C(N[C@@H](NC(=S)N1CCOCC1)C(Cl)Cl)c1ccccc1. The molecule has 5 nitrogen and oxygen atoms in total. The number of amides is 1. The number of ether oxygens (including phenoxy) is 1. The van der Waals surface area contributed by atoms with Crippen molar-refractivity contribution < 1.29 is 9.53 Å². The first-order valence-corrected chi connectivity index (χ1v) is 8.13. The molecule has 1 heterocycles. The highest BCUT2D eigenvalue weighted by Crippen LogP contribution is 2.09. The number of alkyl halides is 2. The summed E-state index contributed by atoms with van der Waals surface area (Å²) >= 11 is 17.2. The lowest BCUT2D eigenvalue weighted by Gasteiger charge is -2.32. The number of benzene rings is 1. The van der Waals surface area contributed by atoms with Gasteiger partial charge in [0, 0.05) is 18.7 Å². The Morgan fingerprint density at radius 3 is 2.41 bits per heavy atom. The van der Waals surface area contributed by atoms with Crippen LogP contribution in [0.1, 0.15) is 10.4 Å². The van der Waals surface area contributed by atoms with E-state index >= 15 is 0 Å². The number of hydrogen-bond donors (Lipinski definition) is 2. The van der Waals surface area contributed by atoms with Crippen LogP contribution in [0.4, 0.5) is 0 Å². The second kappa shape index (κ2) is 8.53. The van der Waals surface area contributed by atoms with E-state index in [0.29, 0.717) is 37.0 Å². The third-order valence-electron chi connectivity index (χ3n) is 3.15. The molecule has 0 bridgehead atoms. The molecule has 0 radical (unpaired) electrons. The fourth-order valence-corrected chi connectivity index (χ4v) is 2.53. The summed E-state index contributed by atoms with van der Waals surface area (Å²) in [5.74, 6) is -0.269. The minimum atomic E-state index is -0.841. The Labute approximate surface area is 144 Å². The van der Waals surface area contributed by atoms with Gasteiger partial charge in [-0.2, -0.15) is 0 Å². The fraction of sp³-hybridized carbons (Fsp3) is 0.429. The number of nitrogens with one attached hydrogen (secondary N) is 2. The molecular formula is C14H17Cl2N3O2S. The molecule has 1 atom stereocenters. The maximum atomic E-state index is 12.2. The second-order valence-corrected chi connectivity index (χ2v) is 6.25. The smallest absolute Gasteiger partial charge is 0.252 e. The number of nitrogens with zero attached hydrogens (tertiary/aromatic N) is 1. The Bertz CT molecular complexity index is 510. The third-order valence-corrected chi connectivity index (χ3v) is 4.03. The maximum absolute atomic E-state index is 12.2. The van der Waals surface area contributed by atoms with Gasteiger partial charge in [-0.1, -0.05) is 18.2 Å². The van der Waals surface area contributed by atoms with Crippen LogP contribution < -0.4 is 10.6 Å². The van der Waals surface area contributed by atoms with Gasteiger partial charge in [0.2, 0.25) is 0 Å². The van der Waals surface area contributed by atoms with Crippen LogP contribution in [0.2, 0.25) is 0 Å². The zero-order valence-corrected chi connectivity index (χ0v) is 14.1. The van der Waals surface area contributed by atoms with Crippen molar-refractivity contribution in [2.45, 2.75) is 11.0 Å². The average molecular weight is 362 g/mol. The van der Waals surface area contributed by atoms with Gasteiger partial charge >= 0.3 is 0 Å². The van der Waals surface area contributed by atoms with Gasteiger partial charge in [0.1, 0.15) is 11.0 Å². The van der Waals surface area contributed by atoms with Crippen LogP contribution in [0.15, 0.2) is 30.3 Å². The predicted molar refractivity (Wildman–Crippen MR) is 91.3 cm³/mol. The molecule has 1 saturated heterocycles. The van der Waals surface area contributed by atoms with E-state index in [1.54, 1.807) is 24.3 Å². The molecule has 1 aliphatic heterocycles. The summed E-state index contributed by atoms with van der Waals surface area (Å²) in [6, 6.07) is 8.84. The van der Waals surface area contributed by atoms with Crippen LogP contribution >= 0.6 is 35.4 Å². The number of thiocarbonyl (C=S) groups is 1. The van der Waals surface area contributed by atoms with Crippen molar-refractivity contribution in [3.8, 4) is 0 Å². The lowest BCUT2D eigenvalue weighted by atomic mass is 10.2. The normalized spacial score (nSPS) is 16.2. The van der Waals surface area contributed by atoms with E-state index in [9.17, 15) is 4.79 Å². The van der Waals surface area contributed by atoms with Crippen molar-refractivity contribution in [1.29, 1.82) is 0 Å². The number of carbonyl (C=O) groups excluding carboxylic acids is 1. The standard InChI is InChI=1S/C14H17Cl2N3O2S/c15-11(16)12(17-13(20)10-4-2-1-3-5-10)18-14(22)19-6-8-21-9-7-19/h1-5,11-12H,6-9H2,(H,17,20)(H,18,22)/t12-/m0/s1. The maximum Gasteiger partial charge on any atom is 0.252 e. The molecule has 1 amide bonds. The summed E-state index contributed by atoms with van der Waals surface area (Å²) in [5, 5.41) is 6.23. The largest absolute Gasteiger partial charge is 0.378 e. The summed E-state index contributed by atoms with van der Waals surface area (Å²) in [6.45, 7) is 2.63.